The largest absolute Gasteiger partial charge is 0.267 e. The van der Waals surface area contributed by atoms with Crippen molar-refractivity contribution in [1.82, 2.24) is 3.97 Å². The van der Waals surface area contributed by atoms with Crippen LogP contribution >= 0.6 is 0 Å². The monoisotopic (exact) mass is 300 g/mol. The number of aromatic nitrogens is 1. The second-order valence-electron chi connectivity index (χ2n) is 5.41. The molecule has 0 saturated carbocycles. The lowest BCUT2D eigenvalue weighted by atomic mass is 9.88. The van der Waals surface area contributed by atoms with Crippen LogP contribution in [0.5, 0.6) is 0 Å². The van der Waals surface area contributed by atoms with E-state index in [0.717, 1.165) is 29.7 Å². The van der Waals surface area contributed by atoms with Crippen LogP contribution in [0.1, 0.15) is 35.6 Å². The minimum atomic E-state index is -3.58. The lowest BCUT2D eigenvalue weighted by Crippen LogP contribution is -2.18. The molecular formula is C16H16N2O2S. The number of fused-ring (bicyclic) bond motifs is 1. The molecule has 1 heterocycles. The van der Waals surface area contributed by atoms with E-state index in [1.165, 1.54) is 3.97 Å². The van der Waals surface area contributed by atoms with Crippen molar-refractivity contribution in [3.63, 3.8) is 0 Å². The molecule has 1 atom stereocenters. The van der Waals surface area contributed by atoms with Crippen molar-refractivity contribution in [3.05, 3.63) is 53.3 Å². The smallest absolute Gasteiger partial charge is 0.246 e. The van der Waals surface area contributed by atoms with Crippen LogP contribution in [0.4, 0.5) is 0 Å². The summed E-state index contributed by atoms with van der Waals surface area (Å²) in [7, 11) is -3.58. The predicted octanol–water partition coefficient (Wildman–Crippen LogP) is 2.98. The van der Waals surface area contributed by atoms with E-state index in [1.807, 2.05) is 6.92 Å². The Labute approximate surface area is 124 Å². The van der Waals surface area contributed by atoms with Gasteiger partial charge in [-0.25, -0.2) is 12.4 Å². The molecule has 1 aliphatic carbocycles. The minimum absolute atomic E-state index is 0.191. The van der Waals surface area contributed by atoms with Crippen LogP contribution in [-0.4, -0.2) is 12.4 Å². The summed E-state index contributed by atoms with van der Waals surface area (Å²) in [6, 6.07) is 10.9. The summed E-state index contributed by atoms with van der Waals surface area (Å²) >= 11 is 0. The van der Waals surface area contributed by atoms with Gasteiger partial charge in [0.05, 0.1) is 16.9 Å². The molecule has 108 valence electrons. The molecule has 0 amide bonds. The fourth-order valence-corrected chi connectivity index (χ4v) is 4.26. The topological polar surface area (TPSA) is 62.9 Å². The molecule has 21 heavy (non-hydrogen) atoms. The van der Waals surface area contributed by atoms with Gasteiger partial charge in [0.15, 0.2) is 0 Å². The fourth-order valence-electron chi connectivity index (χ4n) is 2.85. The zero-order valence-corrected chi connectivity index (χ0v) is 12.6. The van der Waals surface area contributed by atoms with Gasteiger partial charge in [0.1, 0.15) is 0 Å². The molecular weight excluding hydrogens is 284 g/mol. The van der Waals surface area contributed by atoms with Gasteiger partial charge in [-0.1, -0.05) is 17.7 Å². The molecule has 0 bridgehead atoms. The van der Waals surface area contributed by atoms with Crippen LogP contribution in [0.25, 0.3) is 0 Å². The number of benzene rings is 1. The number of nitriles is 1. The molecule has 2 aromatic rings. The van der Waals surface area contributed by atoms with Gasteiger partial charge in [-0.15, -0.1) is 0 Å². The predicted molar refractivity (Wildman–Crippen MR) is 79.5 cm³/mol. The van der Waals surface area contributed by atoms with Crippen molar-refractivity contribution in [2.45, 2.75) is 37.0 Å². The standard InChI is InChI=1S/C16H16N2O2S/c1-12-5-7-14(8-6-12)21(19,20)18-10-9-15-13(11-17)3-2-4-16(15)18/h5-10,13H,2-4H2,1H3. The average molecular weight is 300 g/mol. The Morgan fingerprint density at radius 2 is 1.95 bits per heavy atom. The normalized spacial score (nSPS) is 18.0. The number of rotatable bonds is 2. The van der Waals surface area contributed by atoms with Crippen LogP contribution in [0, 0.1) is 18.3 Å². The molecule has 1 aromatic heterocycles. The van der Waals surface area contributed by atoms with Crippen LogP contribution in [0.3, 0.4) is 0 Å². The molecule has 1 aromatic carbocycles. The van der Waals surface area contributed by atoms with Crippen LogP contribution in [0.15, 0.2) is 41.4 Å². The maximum atomic E-state index is 12.8. The highest BCUT2D eigenvalue weighted by Crippen LogP contribution is 2.33. The van der Waals surface area contributed by atoms with Gasteiger partial charge < -0.3 is 0 Å². The van der Waals surface area contributed by atoms with E-state index >= 15 is 0 Å². The van der Waals surface area contributed by atoms with Crippen molar-refractivity contribution in [1.29, 1.82) is 5.26 Å². The lowest BCUT2D eigenvalue weighted by Gasteiger charge is -2.19. The first kappa shape index (κ1) is 13.9. The molecule has 0 N–H and O–H groups in total. The maximum absolute atomic E-state index is 12.8. The fraction of sp³-hybridized carbons (Fsp3) is 0.312. The minimum Gasteiger partial charge on any atom is -0.246 e. The highest BCUT2D eigenvalue weighted by Gasteiger charge is 2.27. The first-order valence-electron chi connectivity index (χ1n) is 6.96. The molecule has 0 aliphatic heterocycles. The second-order valence-corrected chi connectivity index (χ2v) is 7.22. The zero-order chi connectivity index (χ0) is 15.0. The van der Waals surface area contributed by atoms with E-state index in [4.69, 9.17) is 0 Å². The van der Waals surface area contributed by atoms with Crippen LogP contribution in [-0.2, 0) is 16.4 Å². The first-order chi connectivity index (χ1) is 10.0. The van der Waals surface area contributed by atoms with Gasteiger partial charge in [0.25, 0.3) is 10.0 Å². The van der Waals surface area contributed by atoms with Gasteiger partial charge in [-0.3, -0.25) is 0 Å². The van der Waals surface area contributed by atoms with Gasteiger partial charge in [0, 0.05) is 11.9 Å². The van der Waals surface area contributed by atoms with Crippen LogP contribution < -0.4 is 0 Å². The number of hydrogen-bond donors (Lipinski definition) is 0. The first-order valence-corrected chi connectivity index (χ1v) is 8.40. The van der Waals surface area contributed by atoms with E-state index in [9.17, 15) is 13.7 Å². The van der Waals surface area contributed by atoms with Gasteiger partial charge in [-0.05, 0) is 49.9 Å². The molecule has 1 aliphatic rings. The molecule has 3 rings (SSSR count). The summed E-state index contributed by atoms with van der Waals surface area (Å²) < 4.78 is 26.9. The number of nitrogens with zero attached hydrogens (tertiary/aromatic N) is 2. The summed E-state index contributed by atoms with van der Waals surface area (Å²) in [5.74, 6) is -0.191. The Morgan fingerprint density at radius 3 is 2.62 bits per heavy atom. The summed E-state index contributed by atoms with van der Waals surface area (Å²) in [5.41, 5.74) is 2.64. The second kappa shape index (κ2) is 5.05. The van der Waals surface area contributed by atoms with Crippen molar-refractivity contribution in [2.24, 2.45) is 0 Å². The molecule has 0 saturated heterocycles. The van der Waals surface area contributed by atoms with E-state index in [0.29, 0.717) is 6.42 Å². The Balaban J connectivity index is 2.11. The molecule has 0 radical (unpaired) electrons. The molecule has 0 spiro atoms. The molecule has 0 fully saturated rings. The van der Waals surface area contributed by atoms with Crippen molar-refractivity contribution in [3.8, 4) is 6.07 Å². The Bertz CT molecular complexity index is 811. The zero-order valence-electron chi connectivity index (χ0n) is 11.8. The quantitative estimate of drug-likeness (QED) is 0.856. The van der Waals surface area contributed by atoms with E-state index in [-0.39, 0.29) is 10.8 Å². The van der Waals surface area contributed by atoms with E-state index in [2.05, 4.69) is 6.07 Å². The van der Waals surface area contributed by atoms with Gasteiger partial charge in [-0.2, -0.15) is 5.26 Å². The highest BCUT2D eigenvalue weighted by atomic mass is 32.2. The summed E-state index contributed by atoms with van der Waals surface area (Å²) in [6.45, 7) is 1.92. The Hall–Kier alpha value is -2.06. The maximum Gasteiger partial charge on any atom is 0.267 e. The van der Waals surface area contributed by atoms with Crippen molar-refractivity contribution >= 4 is 10.0 Å². The Kier molecular flexibility index (Phi) is 3.34. The summed E-state index contributed by atoms with van der Waals surface area (Å²) in [4.78, 5) is 0.283. The van der Waals surface area contributed by atoms with Crippen molar-refractivity contribution in [2.75, 3.05) is 0 Å². The average Bonchev–Trinajstić information content (AvgIpc) is 2.92. The highest BCUT2D eigenvalue weighted by molar-refractivity contribution is 7.90. The molecule has 4 nitrogen and oxygen atoms in total. The van der Waals surface area contributed by atoms with Gasteiger partial charge >= 0.3 is 0 Å². The summed E-state index contributed by atoms with van der Waals surface area (Å²) in [6.07, 6.45) is 3.93. The van der Waals surface area contributed by atoms with E-state index < -0.39 is 10.0 Å². The SMILES string of the molecule is Cc1ccc(S(=O)(=O)n2ccc3c2CCCC3C#N)cc1. The molecule has 5 heteroatoms. The number of hydrogen-bond acceptors (Lipinski definition) is 3. The lowest BCUT2D eigenvalue weighted by molar-refractivity contribution is 0.576. The third-order valence-corrected chi connectivity index (χ3v) is 5.73. The summed E-state index contributed by atoms with van der Waals surface area (Å²) in [5, 5.41) is 9.19. The molecule has 1 unspecified atom stereocenters. The third kappa shape index (κ3) is 2.26. The van der Waals surface area contributed by atoms with Crippen LogP contribution in [0.2, 0.25) is 0 Å². The van der Waals surface area contributed by atoms with Crippen molar-refractivity contribution < 1.29 is 8.42 Å². The number of aryl methyl sites for hydroxylation is 1. The Morgan fingerprint density at radius 1 is 1.24 bits per heavy atom. The third-order valence-electron chi connectivity index (χ3n) is 4.00. The van der Waals surface area contributed by atoms with E-state index in [1.54, 1.807) is 36.5 Å². The van der Waals surface area contributed by atoms with Gasteiger partial charge in [0.2, 0.25) is 0 Å².